The van der Waals surface area contributed by atoms with E-state index in [2.05, 4.69) is 39.8 Å². The zero-order chi connectivity index (χ0) is 14.3. The second kappa shape index (κ2) is 5.16. The van der Waals surface area contributed by atoms with Gasteiger partial charge in [-0.15, -0.1) is 0 Å². The number of sulfonamides is 1. The molecule has 1 fully saturated rings. The maximum atomic E-state index is 12.3. The monoisotopic (exact) mass is 346 g/mol. The third-order valence-electron chi connectivity index (χ3n) is 3.48. The summed E-state index contributed by atoms with van der Waals surface area (Å²) in [5.74, 6) is 0. The number of hydrogen-bond donors (Lipinski definition) is 2. The van der Waals surface area contributed by atoms with Crippen molar-refractivity contribution < 1.29 is 8.42 Å². The van der Waals surface area contributed by atoms with Gasteiger partial charge in [0.1, 0.15) is 0 Å². The summed E-state index contributed by atoms with van der Waals surface area (Å²) in [6.45, 7) is 4.83. The second-order valence-electron chi connectivity index (χ2n) is 5.66. The van der Waals surface area contributed by atoms with Crippen LogP contribution in [0.2, 0.25) is 0 Å². The lowest BCUT2D eigenvalue weighted by Crippen LogP contribution is -2.28. The van der Waals surface area contributed by atoms with Gasteiger partial charge in [0.25, 0.3) is 0 Å². The van der Waals surface area contributed by atoms with Crippen molar-refractivity contribution in [1.29, 1.82) is 0 Å². The Morgan fingerprint density at radius 1 is 1.42 bits per heavy atom. The fourth-order valence-corrected chi connectivity index (χ4v) is 4.53. The largest absolute Gasteiger partial charge is 0.316 e. The van der Waals surface area contributed by atoms with E-state index in [0.717, 1.165) is 12.0 Å². The smallest absolute Gasteiger partial charge is 0.241 e. The first kappa shape index (κ1) is 15.0. The van der Waals surface area contributed by atoms with E-state index in [4.69, 9.17) is 0 Å². The predicted octanol–water partition coefficient (Wildman–Crippen LogP) is 2.25. The summed E-state index contributed by atoms with van der Waals surface area (Å²) in [7, 11) is -1.59. The first-order valence-electron chi connectivity index (χ1n) is 6.21. The SMILES string of the molecule is CNCc1ccc(S(=O)(=O)NC2CC2(C)C)c(Br)c1. The van der Waals surface area contributed by atoms with Crippen molar-refractivity contribution in [2.24, 2.45) is 5.41 Å². The van der Waals surface area contributed by atoms with E-state index in [1.54, 1.807) is 6.07 Å². The molecule has 1 aliphatic rings. The summed E-state index contributed by atoms with van der Waals surface area (Å²) in [4.78, 5) is 0.301. The van der Waals surface area contributed by atoms with Crippen LogP contribution in [-0.4, -0.2) is 21.5 Å². The molecule has 0 amide bonds. The number of benzene rings is 1. The van der Waals surface area contributed by atoms with Crippen molar-refractivity contribution in [3.05, 3.63) is 28.2 Å². The van der Waals surface area contributed by atoms with E-state index < -0.39 is 10.0 Å². The van der Waals surface area contributed by atoms with Crippen LogP contribution in [0.1, 0.15) is 25.8 Å². The zero-order valence-electron chi connectivity index (χ0n) is 11.3. The highest BCUT2D eigenvalue weighted by Gasteiger charge is 2.48. The average Bonchev–Trinajstić information content (AvgIpc) is 2.84. The summed E-state index contributed by atoms with van der Waals surface area (Å²) in [5.41, 5.74) is 1.12. The molecule has 1 aliphatic carbocycles. The molecule has 1 aromatic rings. The minimum atomic E-state index is -3.45. The van der Waals surface area contributed by atoms with Crippen LogP contribution in [0.25, 0.3) is 0 Å². The topological polar surface area (TPSA) is 58.2 Å². The molecule has 2 N–H and O–H groups in total. The van der Waals surface area contributed by atoms with Crippen LogP contribution in [0.15, 0.2) is 27.6 Å². The Labute approximate surface area is 123 Å². The van der Waals surface area contributed by atoms with Gasteiger partial charge < -0.3 is 5.32 Å². The van der Waals surface area contributed by atoms with Crippen molar-refractivity contribution in [3.63, 3.8) is 0 Å². The van der Waals surface area contributed by atoms with Crippen LogP contribution in [0, 0.1) is 5.41 Å². The number of halogens is 1. The molecular formula is C13H19BrN2O2S. The van der Waals surface area contributed by atoms with E-state index in [1.165, 1.54) is 0 Å². The quantitative estimate of drug-likeness (QED) is 0.859. The Balaban J connectivity index is 2.21. The number of rotatable bonds is 5. The fraction of sp³-hybridized carbons (Fsp3) is 0.538. The molecule has 6 heteroatoms. The van der Waals surface area contributed by atoms with Crippen LogP contribution < -0.4 is 10.0 Å². The molecular weight excluding hydrogens is 328 g/mol. The molecule has 1 atom stereocenters. The van der Waals surface area contributed by atoms with Crippen LogP contribution in [0.3, 0.4) is 0 Å². The van der Waals surface area contributed by atoms with Crippen molar-refractivity contribution in [1.82, 2.24) is 10.0 Å². The Morgan fingerprint density at radius 3 is 2.53 bits per heavy atom. The van der Waals surface area contributed by atoms with E-state index in [9.17, 15) is 8.42 Å². The van der Waals surface area contributed by atoms with Gasteiger partial charge in [0, 0.05) is 17.1 Å². The summed E-state index contributed by atoms with van der Waals surface area (Å²) in [6.07, 6.45) is 0.891. The number of nitrogens with one attached hydrogen (secondary N) is 2. The average molecular weight is 347 g/mol. The van der Waals surface area contributed by atoms with Crippen molar-refractivity contribution in [3.8, 4) is 0 Å². The van der Waals surface area contributed by atoms with Crippen LogP contribution in [0.5, 0.6) is 0 Å². The van der Waals surface area contributed by atoms with Crippen molar-refractivity contribution >= 4 is 26.0 Å². The highest BCUT2D eigenvalue weighted by molar-refractivity contribution is 9.10. The minimum absolute atomic E-state index is 0.0429. The molecule has 0 aromatic heterocycles. The van der Waals surface area contributed by atoms with Crippen molar-refractivity contribution in [2.75, 3.05) is 7.05 Å². The molecule has 0 aliphatic heterocycles. The lowest BCUT2D eigenvalue weighted by molar-refractivity contribution is 0.554. The van der Waals surface area contributed by atoms with Crippen LogP contribution in [-0.2, 0) is 16.6 Å². The first-order valence-corrected chi connectivity index (χ1v) is 8.49. The molecule has 1 aromatic carbocycles. The molecule has 2 rings (SSSR count). The minimum Gasteiger partial charge on any atom is -0.316 e. The lowest BCUT2D eigenvalue weighted by Gasteiger charge is -2.11. The Bertz CT molecular complexity index is 584. The maximum absolute atomic E-state index is 12.3. The third-order valence-corrected chi connectivity index (χ3v) is 5.93. The van der Waals surface area contributed by atoms with Gasteiger partial charge in [0.05, 0.1) is 4.90 Å². The first-order chi connectivity index (χ1) is 8.76. The maximum Gasteiger partial charge on any atom is 0.241 e. The molecule has 4 nitrogen and oxygen atoms in total. The van der Waals surface area contributed by atoms with E-state index >= 15 is 0 Å². The summed E-state index contributed by atoms with van der Waals surface area (Å²) in [6, 6.07) is 5.35. The van der Waals surface area contributed by atoms with Gasteiger partial charge >= 0.3 is 0 Å². The fourth-order valence-electron chi connectivity index (χ4n) is 2.00. The van der Waals surface area contributed by atoms with E-state index in [-0.39, 0.29) is 11.5 Å². The van der Waals surface area contributed by atoms with Gasteiger partial charge in [-0.3, -0.25) is 0 Å². The van der Waals surface area contributed by atoms with Crippen molar-refractivity contribution in [2.45, 2.75) is 37.8 Å². The highest BCUT2D eigenvalue weighted by atomic mass is 79.9. The van der Waals surface area contributed by atoms with E-state index in [1.807, 2.05) is 19.2 Å². The predicted molar refractivity (Wildman–Crippen MR) is 79.4 cm³/mol. The second-order valence-corrected chi connectivity index (χ2v) is 8.20. The van der Waals surface area contributed by atoms with Gasteiger partial charge in [-0.2, -0.15) is 0 Å². The molecule has 0 heterocycles. The van der Waals surface area contributed by atoms with Crippen LogP contribution >= 0.6 is 15.9 Å². The van der Waals surface area contributed by atoms with Gasteiger partial charge in [-0.25, -0.2) is 13.1 Å². The van der Waals surface area contributed by atoms with Gasteiger partial charge in [0.2, 0.25) is 10.0 Å². The molecule has 106 valence electrons. The Morgan fingerprint density at radius 2 is 2.05 bits per heavy atom. The third kappa shape index (κ3) is 3.37. The molecule has 1 saturated carbocycles. The lowest BCUT2D eigenvalue weighted by atomic mass is 10.2. The normalized spacial score (nSPS) is 21.4. The molecule has 0 bridgehead atoms. The summed E-state index contributed by atoms with van der Waals surface area (Å²) >= 11 is 3.34. The molecule has 1 unspecified atom stereocenters. The Kier molecular flexibility index (Phi) is 4.07. The number of hydrogen-bond acceptors (Lipinski definition) is 3. The molecule has 0 saturated heterocycles. The van der Waals surface area contributed by atoms with Gasteiger partial charge in [0.15, 0.2) is 0 Å². The standard InChI is InChI=1S/C13H19BrN2O2S/c1-13(2)7-12(13)16-19(17,18)11-5-4-9(8-15-3)6-10(11)14/h4-6,12,15-16H,7-8H2,1-3H3. The van der Waals surface area contributed by atoms with Gasteiger partial charge in [-0.1, -0.05) is 19.9 Å². The molecule has 0 spiro atoms. The molecule has 0 radical (unpaired) electrons. The van der Waals surface area contributed by atoms with Crippen LogP contribution in [0.4, 0.5) is 0 Å². The molecule has 19 heavy (non-hydrogen) atoms. The highest BCUT2D eigenvalue weighted by Crippen LogP contribution is 2.45. The van der Waals surface area contributed by atoms with Gasteiger partial charge in [-0.05, 0) is 52.5 Å². The Hall–Kier alpha value is -0.430. The summed E-state index contributed by atoms with van der Waals surface area (Å²) in [5, 5.41) is 3.04. The zero-order valence-corrected chi connectivity index (χ0v) is 13.7. The van der Waals surface area contributed by atoms with E-state index in [0.29, 0.717) is 15.9 Å². The summed E-state index contributed by atoms with van der Waals surface area (Å²) < 4.78 is 28.0.